The van der Waals surface area contributed by atoms with E-state index in [-0.39, 0.29) is 5.91 Å². The van der Waals surface area contributed by atoms with Gasteiger partial charge in [-0.3, -0.25) is 4.79 Å². The van der Waals surface area contributed by atoms with Crippen LogP contribution in [-0.4, -0.2) is 38.6 Å². The Morgan fingerprint density at radius 2 is 1.73 bits per heavy atom. The van der Waals surface area contributed by atoms with Crippen LogP contribution in [0.1, 0.15) is 17.3 Å². The number of rotatable bonds is 5. The number of pyridine rings is 1. The largest absolute Gasteiger partial charge is 0.481 e. The number of aromatic nitrogens is 1. The zero-order valence-corrected chi connectivity index (χ0v) is 13.4. The molecule has 0 unspecified atom stereocenters. The summed E-state index contributed by atoms with van der Waals surface area (Å²) in [5.41, 5.74) is 2.46. The smallest absolute Gasteiger partial charge is 0.258 e. The van der Waals surface area contributed by atoms with Gasteiger partial charge in [-0.1, -0.05) is 0 Å². The third-order valence-electron chi connectivity index (χ3n) is 3.65. The van der Waals surface area contributed by atoms with Crippen LogP contribution in [0.3, 0.4) is 0 Å². The number of amides is 1. The van der Waals surface area contributed by atoms with E-state index < -0.39 is 0 Å². The number of benzene rings is 1. The Morgan fingerprint density at radius 1 is 1.09 bits per heavy atom. The highest BCUT2D eigenvalue weighted by molar-refractivity contribution is 6.05. The molecule has 1 heterocycles. The van der Waals surface area contributed by atoms with Gasteiger partial charge in [-0.05, 0) is 37.3 Å². The Morgan fingerprint density at radius 3 is 2.23 bits per heavy atom. The molecule has 2 rings (SSSR count). The number of methoxy groups -OCH3 is 1. The third kappa shape index (κ3) is 3.36. The molecule has 0 aliphatic carbocycles. The molecule has 1 aromatic carbocycles. The normalized spacial score (nSPS) is 10.2. The van der Waals surface area contributed by atoms with Gasteiger partial charge in [-0.2, -0.15) is 0 Å². The van der Waals surface area contributed by atoms with Crippen LogP contribution < -0.4 is 14.5 Å². The summed E-state index contributed by atoms with van der Waals surface area (Å²) in [4.78, 5) is 20.3. The summed E-state index contributed by atoms with van der Waals surface area (Å²) in [5.74, 6) is 0.453. The maximum Gasteiger partial charge on any atom is 0.258 e. The summed E-state index contributed by atoms with van der Waals surface area (Å²) in [7, 11) is 5.32. The fraction of sp³-hybridized carbons (Fsp3) is 0.294. The van der Waals surface area contributed by atoms with Crippen molar-refractivity contribution in [3.8, 4) is 5.88 Å². The first-order valence-corrected chi connectivity index (χ1v) is 7.16. The van der Waals surface area contributed by atoms with Crippen LogP contribution >= 0.6 is 0 Å². The number of carbonyl (C=O) groups excluding carboxylic acids is 1. The average molecular weight is 299 g/mol. The molecule has 1 amide bonds. The highest BCUT2D eigenvalue weighted by atomic mass is 16.5. The third-order valence-corrected chi connectivity index (χ3v) is 3.65. The lowest BCUT2D eigenvalue weighted by molar-refractivity contribution is 0.0993. The Kier molecular flexibility index (Phi) is 4.99. The van der Waals surface area contributed by atoms with Crippen LogP contribution in [0.25, 0.3) is 0 Å². The molecule has 0 bridgehead atoms. The van der Waals surface area contributed by atoms with Crippen LogP contribution in [0.4, 0.5) is 11.4 Å². The van der Waals surface area contributed by atoms with E-state index in [0.717, 1.165) is 17.9 Å². The molecule has 0 aliphatic rings. The standard InChI is InChI=1S/C17H21N3O2/c1-5-19(2)14-8-6-13(7-9-14)17(21)20(3)15-10-11-16(22-4)18-12-15/h6-12H,5H2,1-4H3. The van der Waals surface area contributed by atoms with Crippen molar-refractivity contribution in [2.75, 3.05) is 37.5 Å². The van der Waals surface area contributed by atoms with Gasteiger partial charge in [-0.25, -0.2) is 4.98 Å². The molecule has 116 valence electrons. The summed E-state index contributed by atoms with van der Waals surface area (Å²) in [6.07, 6.45) is 1.62. The van der Waals surface area contributed by atoms with Crippen molar-refractivity contribution in [2.24, 2.45) is 0 Å². The zero-order chi connectivity index (χ0) is 16.1. The van der Waals surface area contributed by atoms with E-state index in [4.69, 9.17) is 4.74 Å². The minimum atomic E-state index is -0.0716. The first kappa shape index (κ1) is 15.8. The molecule has 0 fully saturated rings. The molecule has 5 nitrogen and oxygen atoms in total. The van der Waals surface area contributed by atoms with Crippen molar-refractivity contribution < 1.29 is 9.53 Å². The fourth-order valence-electron chi connectivity index (χ4n) is 2.04. The SMILES string of the molecule is CCN(C)c1ccc(C(=O)N(C)c2ccc(OC)nc2)cc1. The van der Waals surface area contributed by atoms with Gasteiger partial charge < -0.3 is 14.5 Å². The van der Waals surface area contributed by atoms with Crippen molar-refractivity contribution >= 4 is 17.3 Å². The second-order valence-electron chi connectivity index (χ2n) is 4.98. The summed E-state index contributed by atoms with van der Waals surface area (Å²) in [6.45, 7) is 3.01. The Balaban J connectivity index is 2.15. The monoisotopic (exact) mass is 299 g/mol. The number of hydrogen-bond donors (Lipinski definition) is 0. The predicted molar refractivity (Wildman–Crippen MR) is 88.9 cm³/mol. The lowest BCUT2D eigenvalue weighted by Gasteiger charge is -2.19. The van der Waals surface area contributed by atoms with Gasteiger partial charge in [0.15, 0.2) is 0 Å². The predicted octanol–water partition coefficient (Wildman–Crippen LogP) is 2.82. The van der Waals surface area contributed by atoms with Crippen molar-refractivity contribution in [1.29, 1.82) is 0 Å². The molecule has 0 saturated heterocycles. The number of hydrogen-bond acceptors (Lipinski definition) is 4. The van der Waals surface area contributed by atoms with Crippen molar-refractivity contribution in [3.63, 3.8) is 0 Å². The van der Waals surface area contributed by atoms with Crippen molar-refractivity contribution in [2.45, 2.75) is 6.92 Å². The van der Waals surface area contributed by atoms with Crippen LogP contribution in [0.15, 0.2) is 42.6 Å². The number of nitrogens with zero attached hydrogens (tertiary/aromatic N) is 3. The Hall–Kier alpha value is -2.56. The van der Waals surface area contributed by atoms with Crippen LogP contribution in [0, 0.1) is 0 Å². The minimum absolute atomic E-state index is 0.0716. The summed E-state index contributed by atoms with van der Waals surface area (Å²) >= 11 is 0. The topological polar surface area (TPSA) is 45.7 Å². The first-order valence-electron chi connectivity index (χ1n) is 7.16. The molecule has 0 N–H and O–H groups in total. The number of anilines is 2. The molecule has 0 radical (unpaired) electrons. The Bertz CT molecular complexity index is 623. The second kappa shape index (κ2) is 6.93. The Labute approximate surface area is 131 Å². The van der Waals surface area contributed by atoms with E-state index >= 15 is 0 Å². The molecule has 2 aromatic rings. The van der Waals surface area contributed by atoms with E-state index in [1.165, 1.54) is 0 Å². The molecular formula is C17H21N3O2. The molecule has 0 spiro atoms. The van der Waals surface area contributed by atoms with E-state index in [1.807, 2.05) is 37.4 Å². The highest BCUT2D eigenvalue weighted by Gasteiger charge is 2.14. The number of carbonyl (C=O) groups is 1. The molecule has 0 atom stereocenters. The zero-order valence-electron chi connectivity index (χ0n) is 13.4. The van der Waals surface area contributed by atoms with Crippen LogP contribution in [-0.2, 0) is 0 Å². The number of ether oxygens (including phenoxy) is 1. The summed E-state index contributed by atoms with van der Waals surface area (Å²) in [6, 6.07) is 11.1. The van der Waals surface area contributed by atoms with E-state index in [2.05, 4.69) is 16.8 Å². The second-order valence-corrected chi connectivity index (χ2v) is 4.98. The van der Waals surface area contributed by atoms with Gasteiger partial charge in [0.05, 0.1) is 19.0 Å². The van der Waals surface area contributed by atoms with Gasteiger partial charge in [-0.15, -0.1) is 0 Å². The average Bonchev–Trinajstić information content (AvgIpc) is 2.60. The summed E-state index contributed by atoms with van der Waals surface area (Å²) in [5, 5.41) is 0. The van der Waals surface area contributed by atoms with E-state index in [1.54, 1.807) is 31.3 Å². The molecular weight excluding hydrogens is 278 g/mol. The fourth-order valence-corrected chi connectivity index (χ4v) is 2.04. The van der Waals surface area contributed by atoms with Gasteiger partial charge in [0.25, 0.3) is 5.91 Å². The van der Waals surface area contributed by atoms with Gasteiger partial charge in [0.1, 0.15) is 0 Å². The first-order chi connectivity index (χ1) is 10.6. The van der Waals surface area contributed by atoms with Crippen molar-refractivity contribution in [1.82, 2.24) is 4.98 Å². The van der Waals surface area contributed by atoms with Crippen LogP contribution in [0.5, 0.6) is 5.88 Å². The summed E-state index contributed by atoms with van der Waals surface area (Å²) < 4.78 is 5.02. The molecule has 5 heteroatoms. The lowest BCUT2D eigenvalue weighted by atomic mass is 10.1. The van der Waals surface area contributed by atoms with E-state index in [9.17, 15) is 4.79 Å². The van der Waals surface area contributed by atoms with E-state index in [0.29, 0.717) is 11.4 Å². The maximum atomic E-state index is 12.5. The maximum absolute atomic E-state index is 12.5. The van der Waals surface area contributed by atoms with Crippen LogP contribution in [0.2, 0.25) is 0 Å². The molecule has 0 saturated carbocycles. The molecule has 1 aromatic heterocycles. The van der Waals surface area contributed by atoms with Gasteiger partial charge in [0.2, 0.25) is 5.88 Å². The van der Waals surface area contributed by atoms with Crippen molar-refractivity contribution in [3.05, 3.63) is 48.2 Å². The van der Waals surface area contributed by atoms with Gasteiger partial charge >= 0.3 is 0 Å². The highest BCUT2D eigenvalue weighted by Crippen LogP contribution is 2.19. The van der Waals surface area contributed by atoms with Gasteiger partial charge in [0, 0.05) is 38.0 Å². The quantitative estimate of drug-likeness (QED) is 0.851. The minimum Gasteiger partial charge on any atom is -0.481 e. The lowest BCUT2D eigenvalue weighted by Crippen LogP contribution is -2.26. The molecule has 22 heavy (non-hydrogen) atoms. The molecule has 0 aliphatic heterocycles.